The molecule has 1 N–H and O–H groups in total. The first-order valence-corrected chi connectivity index (χ1v) is 5.02. The average Bonchev–Trinajstić information content (AvgIpc) is 2.66. The molecular formula is C12H13NO. The van der Waals surface area contributed by atoms with E-state index >= 15 is 0 Å². The Labute approximate surface area is 82.9 Å². The molecule has 0 radical (unpaired) electrons. The van der Waals surface area contributed by atoms with Gasteiger partial charge in [0.15, 0.2) is 0 Å². The summed E-state index contributed by atoms with van der Waals surface area (Å²) in [4.78, 5) is 3.30. The largest absolute Gasteiger partial charge is 0.376 e. The monoisotopic (exact) mass is 187 g/mol. The van der Waals surface area contributed by atoms with E-state index in [0.29, 0.717) is 0 Å². The van der Waals surface area contributed by atoms with Crippen molar-refractivity contribution in [3.05, 3.63) is 35.0 Å². The molecular weight excluding hydrogens is 174 g/mol. The molecule has 0 atom stereocenters. The van der Waals surface area contributed by atoms with Gasteiger partial charge in [-0.1, -0.05) is 0 Å². The van der Waals surface area contributed by atoms with Gasteiger partial charge in [0.05, 0.1) is 13.2 Å². The van der Waals surface area contributed by atoms with Crippen LogP contribution in [0.15, 0.2) is 18.3 Å². The summed E-state index contributed by atoms with van der Waals surface area (Å²) in [6, 6.07) is 4.37. The maximum Gasteiger partial charge on any atom is 0.0720 e. The third kappa shape index (κ3) is 1.01. The molecule has 1 aromatic heterocycles. The van der Waals surface area contributed by atoms with Gasteiger partial charge in [-0.3, -0.25) is 0 Å². The minimum atomic E-state index is 0.775. The third-order valence-corrected chi connectivity index (χ3v) is 3.08. The first kappa shape index (κ1) is 8.06. The Hall–Kier alpha value is -1.28. The zero-order chi connectivity index (χ0) is 9.54. The number of fused-ring (bicyclic) bond motifs is 2. The van der Waals surface area contributed by atoms with Crippen LogP contribution in [0.4, 0.5) is 0 Å². The number of H-pyrrole nitrogens is 1. The van der Waals surface area contributed by atoms with Gasteiger partial charge in [-0.15, -0.1) is 0 Å². The molecule has 2 nitrogen and oxygen atoms in total. The van der Waals surface area contributed by atoms with E-state index in [9.17, 15) is 0 Å². The first-order chi connectivity index (χ1) is 6.86. The molecule has 2 heterocycles. The van der Waals surface area contributed by atoms with Crippen LogP contribution >= 0.6 is 0 Å². The van der Waals surface area contributed by atoms with E-state index in [-0.39, 0.29) is 0 Å². The smallest absolute Gasteiger partial charge is 0.0720 e. The van der Waals surface area contributed by atoms with Gasteiger partial charge in [-0.05, 0) is 42.2 Å². The quantitative estimate of drug-likeness (QED) is 0.673. The van der Waals surface area contributed by atoms with Gasteiger partial charge in [0.2, 0.25) is 0 Å². The lowest BCUT2D eigenvalue weighted by Gasteiger charge is -2.19. The predicted molar refractivity (Wildman–Crippen MR) is 56.4 cm³/mol. The molecule has 1 aliphatic heterocycles. The van der Waals surface area contributed by atoms with E-state index in [1.807, 2.05) is 6.20 Å². The van der Waals surface area contributed by atoms with E-state index < -0.39 is 0 Å². The molecule has 14 heavy (non-hydrogen) atoms. The number of ether oxygens (including phenoxy) is 1. The van der Waals surface area contributed by atoms with Crippen molar-refractivity contribution in [1.82, 2.24) is 4.98 Å². The summed E-state index contributed by atoms with van der Waals surface area (Å²) in [6.45, 7) is 3.83. The number of hydrogen-bond donors (Lipinski definition) is 1. The van der Waals surface area contributed by atoms with Crippen LogP contribution in [-0.2, 0) is 17.8 Å². The van der Waals surface area contributed by atoms with E-state index in [1.54, 1.807) is 0 Å². The van der Waals surface area contributed by atoms with Crippen molar-refractivity contribution in [2.45, 2.75) is 20.0 Å². The van der Waals surface area contributed by atoms with Crippen LogP contribution in [0.5, 0.6) is 0 Å². The minimum absolute atomic E-state index is 0.775. The SMILES string of the molecule is Cc1c2c(cc3cc[nH]c13)COCC2. The predicted octanol–water partition coefficient (Wildman–Crippen LogP) is 2.55. The number of nitrogens with one attached hydrogen (secondary N) is 1. The Kier molecular flexibility index (Phi) is 1.64. The fraction of sp³-hybridized carbons (Fsp3) is 0.333. The lowest BCUT2D eigenvalue weighted by atomic mass is 9.96. The van der Waals surface area contributed by atoms with Gasteiger partial charge in [-0.25, -0.2) is 0 Å². The van der Waals surface area contributed by atoms with Crippen LogP contribution in [0.2, 0.25) is 0 Å². The number of aryl methyl sites for hydroxylation is 1. The lowest BCUT2D eigenvalue weighted by Crippen LogP contribution is -2.11. The van der Waals surface area contributed by atoms with Crippen LogP contribution in [0.3, 0.4) is 0 Å². The Morgan fingerprint density at radius 3 is 3.29 bits per heavy atom. The molecule has 3 rings (SSSR count). The van der Waals surface area contributed by atoms with Gasteiger partial charge < -0.3 is 9.72 Å². The Balaban J connectivity index is 2.36. The topological polar surface area (TPSA) is 25.0 Å². The highest BCUT2D eigenvalue weighted by atomic mass is 16.5. The molecule has 0 aliphatic carbocycles. The highest BCUT2D eigenvalue weighted by Crippen LogP contribution is 2.27. The van der Waals surface area contributed by atoms with E-state index in [0.717, 1.165) is 19.6 Å². The second-order valence-corrected chi connectivity index (χ2v) is 3.88. The minimum Gasteiger partial charge on any atom is -0.376 e. The van der Waals surface area contributed by atoms with Crippen molar-refractivity contribution >= 4 is 10.9 Å². The molecule has 0 saturated carbocycles. The fourth-order valence-corrected chi connectivity index (χ4v) is 2.33. The molecule has 0 bridgehead atoms. The Bertz CT molecular complexity index is 484. The molecule has 2 aromatic rings. The number of aromatic amines is 1. The third-order valence-electron chi connectivity index (χ3n) is 3.08. The maximum absolute atomic E-state index is 5.47. The summed E-state index contributed by atoms with van der Waals surface area (Å²) >= 11 is 0. The Morgan fingerprint density at radius 2 is 2.36 bits per heavy atom. The summed E-state index contributed by atoms with van der Waals surface area (Å²) in [7, 11) is 0. The van der Waals surface area contributed by atoms with E-state index in [2.05, 4.69) is 24.0 Å². The molecule has 1 aromatic carbocycles. The van der Waals surface area contributed by atoms with Crippen LogP contribution in [0, 0.1) is 6.92 Å². The summed E-state index contributed by atoms with van der Waals surface area (Å²) in [6.07, 6.45) is 3.06. The number of aromatic nitrogens is 1. The highest BCUT2D eigenvalue weighted by Gasteiger charge is 2.14. The average molecular weight is 187 g/mol. The van der Waals surface area contributed by atoms with Crippen molar-refractivity contribution in [3.8, 4) is 0 Å². The van der Waals surface area contributed by atoms with E-state index in [1.165, 1.54) is 27.6 Å². The van der Waals surface area contributed by atoms with Gasteiger partial charge in [0.1, 0.15) is 0 Å². The summed E-state index contributed by atoms with van der Waals surface area (Å²) in [5.41, 5.74) is 5.52. The van der Waals surface area contributed by atoms with E-state index in [4.69, 9.17) is 4.74 Å². The molecule has 0 spiro atoms. The lowest BCUT2D eigenvalue weighted by molar-refractivity contribution is 0.110. The van der Waals surface area contributed by atoms with Crippen molar-refractivity contribution in [2.75, 3.05) is 6.61 Å². The van der Waals surface area contributed by atoms with Crippen LogP contribution in [0.1, 0.15) is 16.7 Å². The number of rotatable bonds is 0. The van der Waals surface area contributed by atoms with Crippen LogP contribution in [-0.4, -0.2) is 11.6 Å². The van der Waals surface area contributed by atoms with Crippen molar-refractivity contribution in [3.63, 3.8) is 0 Å². The second kappa shape index (κ2) is 2.85. The van der Waals surface area contributed by atoms with Crippen LogP contribution in [0.25, 0.3) is 10.9 Å². The first-order valence-electron chi connectivity index (χ1n) is 5.02. The molecule has 2 heteroatoms. The van der Waals surface area contributed by atoms with Gasteiger partial charge in [0.25, 0.3) is 0 Å². The summed E-state index contributed by atoms with van der Waals surface area (Å²) in [5, 5.41) is 1.30. The fourth-order valence-electron chi connectivity index (χ4n) is 2.33. The standard InChI is InChI=1S/C12H13NO/c1-8-11-3-5-14-7-10(11)6-9-2-4-13-12(8)9/h2,4,6,13H,3,5,7H2,1H3. The van der Waals surface area contributed by atoms with Gasteiger partial charge >= 0.3 is 0 Å². The number of hydrogen-bond acceptors (Lipinski definition) is 1. The highest BCUT2D eigenvalue weighted by molar-refractivity contribution is 5.84. The maximum atomic E-state index is 5.47. The summed E-state index contributed by atoms with van der Waals surface area (Å²) in [5.74, 6) is 0. The van der Waals surface area contributed by atoms with Crippen LogP contribution < -0.4 is 0 Å². The molecule has 0 amide bonds. The summed E-state index contributed by atoms with van der Waals surface area (Å²) < 4.78 is 5.47. The van der Waals surface area contributed by atoms with Gasteiger partial charge in [-0.2, -0.15) is 0 Å². The van der Waals surface area contributed by atoms with Gasteiger partial charge in [0, 0.05) is 17.1 Å². The Morgan fingerprint density at radius 1 is 1.43 bits per heavy atom. The molecule has 0 saturated heterocycles. The normalized spacial score (nSPS) is 15.8. The number of benzene rings is 1. The zero-order valence-corrected chi connectivity index (χ0v) is 8.26. The van der Waals surface area contributed by atoms with Crippen molar-refractivity contribution in [2.24, 2.45) is 0 Å². The molecule has 0 fully saturated rings. The van der Waals surface area contributed by atoms with Crippen molar-refractivity contribution < 1.29 is 4.74 Å². The molecule has 0 unspecified atom stereocenters. The zero-order valence-electron chi connectivity index (χ0n) is 8.26. The second-order valence-electron chi connectivity index (χ2n) is 3.88. The van der Waals surface area contributed by atoms with Crippen molar-refractivity contribution in [1.29, 1.82) is 0 Å². The molecule has 72 valence electrons. The molecule has 1 aliphatic rings.